The molecule has 0 aliphatic heterocycles. The van der Waals surface area contributed by atoms with Crippen molar-refractivity contribution >= 4 is 23.3 Å². The topological polar surface area (TPSA) is 161 Å². The van der Waals surface area contributed by atoms with E-state index in [1.807, 2.05) is 0 Å². The van der Waals surface area contributed by atoms with Gasteiger partial charge in [0.2, 0.25) is 0 Å². The van der Waals surface area contributed by atoms with Crippen LogP contribution in [0.15, 0.2) is 36.4 Å². The predicted octanol–water partition coefficient (Wildman–Crippen LogP) is 2.57. The summed E-state index contributed by atoms with van der Waals surface area (Å²) >= 11 is 0. The summed E-state index contributed by atoms with van der Waals surface area (Å²) in [5.41, 5.74) is -2.12. The maximum absolute atomic E-state index is 11.3. The van der Waals surface area contributed by atoms with Gasteiger partial charge in [-0.05, 0) is 23.3 Å². The molecule has 0 aromatic heterocycles. The van der Waals surface area contributed by atoms with Crippen molar-refractivity contribution < 1.29 is 29.6 Å². The van der Waals surface area contributed by atoms with E-state index in [0.717, 1.165) is 36.4 Å². The zero-order chi connectivity index (χ0) is 18.0. The summed E-state index contributed by atoms with van der Waals surface area (Å²) in [6, 6.07) is 5.82. The maximum atomic E-state index is 11.3. The van der Waals surface area contributed by atoms with Crippen molar-refractivity contribution in [2.24, 2.45) is 0 Å². The zero-order valence-corrected chi connectivity index (χ0v) is 11.7. The first-order chi connectivity index (χ1) is 11.2. The van der Waals surface area contributed by atoms with Crippen molar-refractivity contribution in [2.75, 3.05) is 0 Å². The Balaban J connectivity index is 2.76. The molecule has 122 valence electrons. The molecule has 2 aromatic rings. The Morgan fingerprint density at radius 2 is 1.08 bits per heavy atom. The highest BCUT2D eigenvalue weighted by atomic mass is 16.6. The van der Waals surface area contributed by atoms with Gasteiger partial charge in [-0.2, -0.15) is 0 Å². The van der Waals surface area contributed by atoms with E-state index >= 15 is 0 Å². The van der Waals surface area contributed by atoms with Crippen molar-refractivity contribution in [2.45, 2.75) is 0 Å². The molecule has 0 radical (unpaired) electrons. The van der Waals surface area contributed by atoms with E-state index < -0.39 is 44.3 Å². The van der Waals surface area contributed by atoms with Gasteiger partial charge in [-0.1, -0.05) is 0 Å². The minimum Gasteiger partial charge on any atom is -0.478 e. The van der Waals surface area contributed by atoms with Gasteiger partial charge in [0, 0.05) is 24.3 Å². The van der Waals surface area contributed by atoms with Crippen molar-refractivity contribution in [1.29, 1.82) is 0 Å². The van der Waals surface area contributed by atoms with E-state index in [4.69, 9.17) is 0 Å². The predicted molar refractivity (Wildman–Crippen MR) is 79.1 cm³/mol. The van der Waals surface area contributed by atoms with Crippen LogP contribution in [0.2, 0.25) is 0 Å². The Labute approximate surface area is 132 Å². The molecule has 2 N–H and O–H groups in total. The molecule has 2 rings (SSSR count). The maximum Gasteiger partial charge on any atom is 0.336 e. The van der Waals surface area contributed by atoms with E-state index in [-0.39, 0.29) is 11.1 Å². The Kier molecular flexibility index (Phi) is 4.22. The third-order valence-electron chi connectivity index (χ3n) is 3.18. The molecule has 0 saturated heterocycles. The summed E-state index contributed by atoms with van der Waals surface area (Å²) in [4.78, 5) is 42.6. The average molecular weight is 332 g/mol. The second-order valence-electron chi connectivity index (χ2n) is 4.58. The number of carboxylic acids is 2. The molecule has 0 aliphatic carbocycles. The first kappa shape index (κ1) is 16.5. The molecule has 0 amide bonds. The van der Waals surface area contributed by atoms with Gasteiger partial charge >= 0.3 is 11.9 Å². The second kappa shape index (κ2) is 6.12. The monoisotopic (exact) mass is 332 g/mol. The van der Waals surface area contributed by atoms with Crippen LogP contribution in [0.4, 0.5) is 11.4 Å². The van der Waals surface area contributed by atoms with Gasteiger partial charge in [0.05, 0.1) is 21.0 Å². The fourth-order valence-electron chi connectivity index (χ4n) is 2.12. The third kappa shape index (κ3) is 3.02. The Morgan fingerprint density at radius 3 is 1.33 bits per heavy atom. The normalized spacial score (nSPS) is 10.2. The lowest BCUT2D eigenvalue weighted by Gasteiger charge is -2.09. The minimum atomic E-state index is -1.50. The second-order valence-corrected chi connectivity index (χ2v) is 4.58. The number of non-ortho nitro benzene ring substituents is 2. The molecule has 10 heteroatoms. The summed E-state index contributed by atoms with van der Waals surface area (Å²) < 4.78 is 0. The molecule has 0 saturated carbocycles. The van der Waals surface area contributed by atoms with Gasteiger partial charge in [-0.15, -0.1) is 0 Å². The van der Waals surface area contributed by atoms with Crippen LogP contribution >= 0.6 is 0 Å². The van der Waals surface area contributed by atoms with Gasteiger partial charge in [0.15, 0.2) is 0 Å². The van der Waals surface area contributed by atoms with Crippen LogP contribution in [-0.4, -0.2) is 32.0 Å². The molecule has 0 aliphatic rings. The van der Waals surface area contributed by atoms with Crippen LogP contribution in [0, 0.1) is 20.2 Å². The largest absolute Gasteiger partial charge is 0.478 e. The lowest BCUT2D eigenvalue weighted by atomic mass is 9.94. The smallest absolute Gasteiger partial charge is 0.336 e. The highest BCUT2D eigenvalue weighted by molar-refractivity contribution is 6.03. The standard InChI is InChI=1S/C14H8N2O8/c17-13(18)11-5-7(15(21)22)1-3-9(11)10-4-2-8(16(23)24)6-12(10)14(19)20/h1-6H,(H,17,18)(H,19,20). The fourth-order valence-corrected chi connectivity index (χ4v) is 2.12. The highest BCUT2D eigenvalue weighted by Crippen LogP contribution is 2.32. The van der Waals surface area contributed by atoms with Crippen LogP contribution in [0.3, 0.4) is 0 Å². The molecule has 0 heterocycles. The van der Waals surface area contributed by atoms with Crippen molar-refractivity contribution in [3.8, 4) is 11.1 Å². The quantitative estimate of drug-likeness (QED) is 0.623. The molecule has 0 spiro atoms. The van der Waals surface area contributed by atoms with Crippen LogP contribution in [0.1, 0.15) is 20.7 Å². The molecular formula is C14H8N2O8. The molecule has 0 unspecified atom stereocenters. The summed E-state index contributed by atoms with van der Waals surface area (Å²) in [7, 11) is 0. The highest BCUT2D eigenvalue weighted by Gasteiger charge is 2.23. The summed E-state index contributed by atoms with van der Waals surface area (Å²) in [5, 5.41) is 40.0. The van der Waals surface area contributed by atoms with Gasteiger partial charge in [0.1, 0.15) is 0 Å². The van der Waals surface area contributed by atoms with Gasteiger partial charge in [0.25, 0.3) is 11.4 Å². The lowest BCUT2D eigenvalue weighted by molar-refractivity contribution is -0.385. The van der Waals surface area contributed by atoms with Crippen molar-refractivity contribution in [3.63, 3.8) is 0 Å². The van der Waals surface area contributed by atoms with Crippen molar-refractivity contribution in [3.05, 3.63) is 67.8 Å². The Morgan fingerprint density at radius 1 is 0.750 bits per heavy atom. The number of benzene rings is 2. The fraction of sp³-hybridized carbons (Fsp3) is 0. The number of nitrogens with zero attached hydrogens (tertiary/aromatic N) is 2. The van der Waals surface area contributed by atoms with Crippen molar-refractivity contribution in [1.82, 2.24) is 0 Å². The molecule has 0 fully saturated rings. The molecule has 0 bridgehead atoms. The van der Waals surface area contributed by atoms with Crippen LogP contribution in [0.25, 0.3) is 11.1 Å². The average Bonchev–Trinajstić information content (AvgIpc) is 2.53. The first-order valence-electron chi connectivity index (χ1n) is 6.26. The van der Waals surface area contributed by atoms with E-state index in [0.29, 0.717) is 0 Å². The minimum absolute atomic E-state index is 0.0969. The first-order valence-corrected chi connectivity index (χ1v) is 6.26. The third-order valence-corrected chi connectivity index (χ3v) is 3.18. The van der Waals surface area contributed by atoms with Crippen LogP contribution in [0.5, 0.6) is 0 Å². The lowest BCUT2D eigenvalue weighted by Crippen LogP contribution is -2.06. The number of hydrogen-bond acceptors (Lipinski definition) is 6. The number of carbonyl (C=O) groups is 2. The molecule has 10 nitrogen and oxygen atoms in total. The number of rotatable bonds is 5. The number of hydrogen-bond donors (Lipinski definition) is 2. The van der Waals surface area contributed by atoms with E-state index in [2.05, 4.69) is 0 Å². The number of nitro groups is 2. The molecule has 2 aromatic carbocycles. The Bertz CT molecular complexity index is 817. The van der Waals surface area contributed by atoms with Crippen LogP contribution in [-0.2, 0) is 0 Å². The van der Waals surface area contributed by atoms with E-state index in [1.54, 1.807) is 0 Å². The van der Waals surface area contributed by atoms with Gasteiger partial charge < -0.3 is 10.2 Å². The number of carboxylic acid groups (broad SMARTS) is 2. The van der Waals surface area contributed by atoms with Crippen LogP contribution < -0.4 is 0 Å². The van der Waals surface area contributed by atoms with E-state index in [1.165, 1.54) is 0 Å². The number of aromatic carboxylic acids is 2. The molecule has 0 atom stereocenters. The summed E-state index contributed by atoms with van der Waals surface area (Å²) in [5.74, 6) is -2.99. The molecule has 24 heavy (non-hydrogen) atoms. The van der Waals surface area contributed by atoms with E-state index in [9.17, 15) is 40.0 Å². The SMILES string of the molecule is O=C(O)c1cc([N+](=O)[O-])ccc1-c1ccc([N+](=O)[O-])cc1C(=O)O. The summed E-state index contributed by atoms with van der Waals surface area (Å²) in [6.45, 7) is 0. The molecular weight excluding hydrogens is 324 g/mol. The van der Waals surface area contributed by atoms with Gasteiger partial charge in [-0.25, -0.2) is 9.59 Å². The van der Waals surface area contributed by atoms with Gasteiger partial charge in [-0.3, -0.25) is 20.2 Å². The zero-order valence-electron chi connectivity index (χ0n) is 11.7. The number of nitro benzene ring substituents is 2. The summed E-state index contributed by atoms with van der Waals surface area (Å²) in [6.07, 6.45) is 0. The Hall–Kier alpha value is -3.82.